The molecule has 31 heavy (non-hydrogen) atoms. The molecule has 2 fully saturated rings. The number of aryl methyl sites for hydroxylation is 1. The van der Waals surface area contributed by atoms with Crippen molar-refractivity contribution in [2.45, 2.75) is 25.4 Å². The van der Waals surface area contributed by atoms with Crippen molar-refractivity contribution in [1.29, 1.82) is 0 Å². The quantitative estimate of drug-likeness (QED) is 0.524. The summed E-state index contributed by atoms with van der Waals surface area (Å²) >= 11 is 1.62. The first-order chi connectivity index (χ1) is 15.1. The van der Waals surface area contributed by atoms with Gasteiger partial charge in [0.2, 0.25) is 0 Å². The van der Waals surface area contributed by atoms with E-state index in [9.17, 15) is 0 Å². The molecule has 0 amide bonds. The van der Waals surface area contributed by atoms with Crippen molar-refractivity contribution in [3.63, 3.8) is 0 Å². The number of likely N-dealkylation sites (tertiary alicyclic amines) is 1. The van der Waals surface area contributed by atoms with Crippen molar-refractivity contribution in [3.8, 4) is 10.7 Å². The lowest BCUT2D eigenvalue weighted by Crippen LogP contribution is -2.44. The number of anilines is 3. The number of thiazole rings is 1. The highest BCUT2D eigenvalue weighted by atomic mass is 32.1. The Kier molecular flexibility index (Phi) is 4.36. The number of nitrogens with zero attached hydrogens (tertiary/aromatic N) is 6. The van der Waals surface area contributed by atoms with E-state index in [4.69, 9.17) is 9.97 Å². The lowest BCUT2D eigenvalue weighted by molar-refractivity contribution is 0.292. The Labute approximate surface area is 184 Å². The molecular weight excluding hydrogens is 406 g/mol. The van der Waals surface area contributed by atoms with Gasteiger partial charge >= 0.3 is 0 Å². The number of fused-ring (bicyclic) bond motifs is 3. The predicted octanol–water partition coefficient (Wildman–Crippen LogP) is 4.09. The SMILES string of the molecule is Cc1cccnc1-c1nc2cc(Nc3cccc(N4C[C@@H]5C[C@H]4CN5C)n3)ncc2s1. The van der Waals surface area contributed by atoms with E-state index in [-0.39, 0.29) is 0 Å². The molecule has 2 atom stereocenters. The maximum absolute atomic E-state index is 4.87. The molecule has 156 valence electrons. The van der Waals surface area contributed by atoms with Crippen molar-refractivity contribution < 1.29 is 0 Å². The third kappa shape index (κ3) is 3.32. The first-order valence-electron chi connectivity index (χ1n) is 10.5. The van der Waals surface area contributed by atoms with Crippen LogP contribution in [0.3, 0.4) is 0 Å². The number of pyridine rings is 3. The second kappa shape index (κ2) is 7.25. The summed E-state index contributed by atoms with van der Waals surface area (Å²) in [4.78, 5) is 23.6. The minimum Gasteiger partial charge on any atom is -0.351 e. The molecule has 2 aliphatic rings. The van der Waals surface area contributed by atoms with Crippen molar-refractivity contribution in [1.82, 2.24) is 24.8 Å². The van der Waals surface area contributed by atoms with Crippen LogP contribution in [0.1, 0.15) is 12.0 Å². The number of aromatic nitrogens is 4. The van der Waals surface area contributed by atoms with Gasteiger partial charge in [-0.25, -0.2) is 15.0 Å². The van der Waals surface area contributed by atoms with Crippen LogP contribution < -0.4 is 10.2 Å². The molecule has 4 aromatic rings. The van der Waals surface area contributed by atoms with E-state index in [1.54, 1.807) is 11.3 Å². The maximum atomic E-state index is 4.87. The summed E-state index contributed by atoms with van der Waals surface area (Å²) in [6.45, 7) is 4.23. The molecule has 4 aromatic heterocycles. The fourth-order valence-corrected chi connectivity index (χ4v) is 5.62. The first-order valence-corrected chi connectivity index (χ1v) is 11.4. The van der Waals surface area contributed by atoms with Gasteiger partial charge in [-0.2, -0.15) is 0 Å². The average molecular weight is 430 g/mol. The second-order valence-corrected chi connectivity index (χ2v) is 9.40. The van der Waals surface area contributed by atoms with E-state index in [0.717, 1.165) is 57.0 Å². The Hall–Kier alpha value is -3.10. The number of likely N-dealkylation sites (N-methyl/N-ethyl adjacent to an activating group) is 1. The number of nitrogens with one attached hydrogen (secondary N) is 1. The van der Waals surface area contributed by atoms with Gasteiger partial charge in [0.1, 0.15) is 28.2 Å². The smallest absolute Gasteiger partial charge is 0.143 e. The molecule has 6 rings (SSSR count). The van der Waals surface area contributed by atoms with E-state index in [1.807, 2.05) is 30.6 Å². The summed E-state index contributed by atoms with van der Waals surface area (Å²) in [5, 5.41) is 4.28. The van der Waals surface area contributed by atoms with Crippen molar-refractivity contribution in [2.75, 3.05) is 30.4 Å². The highest BCUT2D eigenvalue weighted by molar-refractivity contribution is 7.21. The third-order valence-electron chi connectivity index (χ3n) is 6.29. The standard InChI is InChI=1S/C23H23N7S/c1-14-5-4-8-24-22(14)23-26-17-10-20(25-11-18(17)31-23)27-19-6-3-7-21(28-19)30-13-15-9-16(30)12-29(15)2/h3-8,10-11,15-16H,9,12-13H2,1-2H3,(H,25,27,28)/t15-,16-/m0/s1. The van der Waals surface area contributed by atoms with Crippen LogP contribution in [-0.2, 0) is 0 Å². The minimum atomic E-state index is 0.565. The van der Waals surface area contributed by atoms with Crippen LogP contribution in [0, 0.1) is 6.92 Å². The average Bonchev–Trinajstić information content (AvgIpc) is 3.47. The second-order valence-electron chi connectivity index (χ2n) is 8.37. The molecule has 8 heteroatoms. The van der Waals surface area contributed by atoms with Gasteiger partial charge in [0, 0.05) is 43.6 Å². The summed E-state index contributed by atoms with van der Waals surface area (Å²) in [7, 11) is 2.22. The molecule has 0 unspecified atom stereocenters. The van der Waals surface area contributed by atoms with Crippen LogP contribution in [0.15, 0.2) is 48.8 Å². The molecule has 1 N–H and O–H groups in total. The molecule has 7 nitrogen and oxygen atoms in total. The van der Waals surface area contributed by atoms with Crippen LogP contribution >= 0.6 is 11.3 Å². The monoisotopic (exact) mass is 429 g/mol. The third-order valence-corrected chi connectivity index (χ3v) is 7.30. The Morgan fingerprint density at radius 1 is 1.03 bits per heavy atom. The molecule has 0 aromatic carbocycles. The number of rotatable bonds is 4. The summed E-state index contributed by atoms with van der Waals surface area (Å²) in [6, 6.07) is 13.3. The molecule has 0 spiro atoms. The predicted molar refractivity (Wildman–Crippen MR) is 125 cm³/mol. The highest BCUT2D eigenvalue weighted by Gasteiger charge is 2.41. The van der Waals surface area contributed by atoms with Crippen molar-refractivity contribution in [2.24, 2.45) is 0 Å². The van der Waals surface area contributed by atoms with Crippen LogP contribution in [-0.4, -0.2) is 57.1 Å². The number of piperazine rings is 1. The molecule has 0 saturated carbocycles. The lowest BCUT2D eigenvalue weighted by atomic mass is 10.2. The zero-order chi connectivity index (χ0) is 20.9. The zero-order valence-electron chi connectivity index (χ0n) is 17.5. The van der Waals surface area contributed by atoms with Gasteiger partial charge in [-0.1, -0.05) is 12.1 Å². The lowest BCUT2D eigenvalue weighted by Gasteiger charge is -2.32. The van der Waals surface area contributed by atoms with Crippen LogP contribution in [0.5, 0.6) is 0 Å². The molecular formula is C23H23N7S. The molecule has 2 saturated heterocycles. The van der Waals surface area contributed by atoms with E-state index in [1.165, 1.54) is 6.42 Å². The van der Waals surface area contributed by atoms with Crippen LogP contribution in [0.2, 0.25) is 0 Å². The van der Waals surface area contributed by atoms with E-state index in [0.29, 0.717) is 12.1 Å². The van der Waals surface area contributed by atoms with Gasteiger partial charge in [-0.05, 0) is 44.2 Å². The van der Waals surface area contributed by atoms with Gasteiger partial charge < -0.3 is 10.2 Å². The van der Waals surface area contributed by atoms with Gasteiger partial charge in [-0.3, -0.25) is 9.88 Å². The minimum absolute atomic E-state index is 0.565. The van der Waals surface area contributed by atoms with Crippen LogP contribution in [0.4, 0.5) is 17.5 Å². The van der Waals surface area contributed by atoms with Crippen molar-refractivity contribution >= 4 is 39.0 Å². The largest absolute Gasteiger partial charge is 0.351 e. The fraction of sp³-hybridized carbons (Fsp3) is 0.304. The maximum Gasteiger partial charge on any atom is 0.143 e. The zero-order valence-corrected chi connectivity index (χ0v) is 18.3. The summed E-state index contributed by atoms with van der Waals surface area (Å²) in [6.07, 6.45) is 4.91. The normalized spacial score (nSPS) is 20.6. The van der Waals surface area contributed by atoms with E-state index in [2.05, 4.69) is 57.3 Å². The Morgan fingerprint density at radius 3 is 2.77 bits per heavy atom. The Balaban J connectivity index is 1.25. The molecule has 2 aliphatic heterocycles. The van der Waals surface area contributed by atoms with E-state index >= 15 is 0 Å². The molecule has 0 radical (unpaired) electrons. The van der Waals surface area contributed by atoms with Gasteiger partial charge in [0.15, 0.2) is 0 Å². The van der Waals surface area contributed by atoms with Gasteiger partial charge in [0.05, 0.1) is 10.2 Å². The fourth-order valence-electron chi connectivity index (χ4n) is 4.64. The summed E-state index contributed by atoms with van der Waals surface area (Å²) < 4.78 is 1.05. The van der Waals surface area contributed by atoms with Crippen molar-refractivity contribution in [3.05, 3.63) is 54.4 Å². The number of hydrogen-bond acceptors (Lipinski definition) is 8. The van der Waals surface area contributed by atoms with Gasteiger partial charge in [0.25, 0.3) is 0 Å². The molecule has 2 bridgehead atoms. The first kappa shape index (κ1) is 18.7. The Morgan fingerprint density at radius 2 is 1.97 bits per heavy atom. The molecule has 6 heterocycles. The summed E-state index contributed by atoms with van der Waals surface area (Å²) in [5.41, 5.74) is 2.97. The molecule has 0 aliphatic carbocycles. The topological polar surface area (TPSA) is 70.1 Å². The summed E-state index contributed by atoms with van der Waals surface area (Å²) in [5.74, 6) is 2.58. The van der Waals surface area contributed by atoms with Crippen LogP contribution in [0.25, 0.3) is 20.9 Å². The Bertz CT molecular complexity index is 1270. The van der Waals surface area contributed by atoms with E-state index < -0.39 is 0 Å². The highest BCUT2D eigenvalue weighted by Crippen LogP contribution is 2.34. The number of hydrogen-bond donors (Lipinski definition) is 1. The van der Waals surface area contributed by atoms with Gasteiger partial charge in [-0.15, -0.1) is 11.3 Å².